The van der Waals surface area contributed by atoms with E-state index in [1.54, 1.807) is 13.2 Å². The van der Waals surface area contributed by atoms with E-state index in [9.17, 15) is 4.79 Å². The van der Waals surface area contributed by atoms with Crippen molar-refractivity contribution in [3.05, 3.63) is 34.3 Å². The SMILES string of the molecule is COCCN[C@@H](C(=O)O)c1ccccc1Br. The highest BCUT2D eigenvalue weighted by Crippen LogP contribution is 2.23. The Morgan fingerprint density at radius 3 is 2.81 bits per heavy atom. The van der Waals surface area contributed by atoms with Gasteiger partial charge in [0.2, 0.25) is 0 Å². The van der Waals surface area contributed by atoms with E-state index in [1.807, 2.05) is 18.2 Å². The first-order valence-electron chi connectivity index (χ1n) is 4.86. The molecule has 4 nitrogen and oxygen atoms in total. The second-order valence-corrected chi connectivity index (χ2v) is 4.09. The van der Waals surface area contributed by atoms with Gasteiger partial charge in [-0.15, -0.1) is 0 Å². The van der Waals surface area contributed by atoms with Crippen molar-refractivity contribution in [3.8, 4) is 0 Å². The molecule has 1 aromatic carbocycles. The third kappa shape index (κ3) is 3.59. The number of nitrogens with one attached hydrogen (secondary N) is 1. The molecule has 0 unspecified atom stereocenters. The van der Waals surface area contributed by atoms with E-state index in [0.29, 0.717) is 18.7 Å². The molecule has 0 saturated heterocycles. The molecule has 0 amide bonds. The Balaban J connectivity index is 2.78. The van der Waals surface area contributed by atoms with Gasteiger partial charge >= 0.3 is 5.97 Å². The van der Waals surface area contributed by atoms with Gasteiger partial charge in [0.25, 0.3) is 0 Å². The zero-order valence-corrected chi connectivity index (χ0v) is 10.5. The highest BCUT2D eigenvalue weighted by atomic mass is 79.9. The fourth-order valence-corrected chi connectivity index (χ4v) is 1.86. The first kappa shape index (κ1) is 13.2. The zero-order valence-electron chi connectivity index (χ0n) is 8.94. The predicted molar refractivity (Wildman–Crippen MR) is 64.4 cm³/mol. The molecule has 0 bridgehead atoms. The molecule has 0 fully saturated rings. The van der Waals surface area contributed by atoms with Gasteiger partial charge in [-0.2, -0.15) is 0 Å². The van der Waals surface area contributed by atoms with Gasteiger partial charge < -0.3 is 9.84 Å². The molecule has 0 aromatic heterocycles. The van der Waals surface area contributed by atoms with Gasteiger partial charge in [0, 0.05) is 18.1 Å². The summed E-state index contributed by atoms with van der Waals surface area (Å²) in [6.07, 6.45) is 0. The van der Waals surface area contributed by atoms with Crippen molar-refractivity contribution >= 4 is 21.9 Å². The molecule has 0 aliphatic rings. The maximum atomic E-state index is 11.1. The lowest BCUT2D eigenvalue weighted by Crippen LogP contribution is -2.31. The molecular weight excluding hydrogens is 274 g/mol. The summed E-state index contributed by atoms with van der Waals surface area (Å²) in [5.41, 5.74) is 0.714. The smallest absolute Gasteiger partial charge is 0.325 e. The molecule has 0 saturated carbocycles. The van der Waals surface area contributed by atoms with Gasteiger partial charge in [-0.3, -0.25) is 10.1 Å². The summed E-state index contributed by atoms with van der Waals surface area (Å²) in [4.78, 5) is 11.1. The molecule has 0 aliphatic heterocycles. The first-order valence-corrected chi connectivity index (χ1v) is 5.65. The fraction of sp³-hybridized carbons (Fsp3) is 0.364. The van der Waals surface area contributed by atoms with Crippen molar-refractivity contribution in [1.82, 2.24) is 5.32 Å². The quantitative estimate of drug-likeness (QED) is 0.784. The van der Waals surface area contributed by atoms with Crippen LogP contribution < -0.4 is 5.32 Å². The summed E-state index contributed by atoms with van der Waals surface area (Å²) in [6, 6.07) is 6.55. The number of halogens is 1. The largest absolute Gasteiger partial charge is 0.480 e. The lowest BCUT2D eigenvalue weighted by Gasteiger charge is -2.15. The molecule has 0 radical (unpaired) electrons. The minimum atomic E-state index is -0.900. The van der Waals surface area contributed by atoms with Gasteiger partial charge in [0.1, 0.15) is 6.04 Å². The minimum absolute atomic E-state index is 0.480. The van der Waals surface area contributed by atoms with Crippen molar-refractivity contribution in [2.75, 3.05) is 20.3 Å². The summed E-state index contributed by atoms with van der Waals surface area (Å²) in [5, 5.41) is 12.0. The van der Waals surface area contributed by atoms with Crippen molar-refractivity contribution in [2.45, 2.75) is 6.04 Å². The number of ether oxygens (including phenoxy) is 1. The van der Waals surface area contributed by atoms with Crippen LogP contribution in [0.4, 0.5) is 0 Å². The number of methoxy groups -OCH3 is 1. The molecule has 2 N–H and O–H groups in total. The summed E-state index contributed by atoms with van der Waals surface area (Å²) < 4.78 is 5.66. The van der Waals surface area contributed by atoms with Crippen LogP contribution >= 0.6 is 15.9 Å². The standard InChI is InChI=1S/C11H14BrNO3/c1-16-7-6-13-10(11(14)15)8-4-2-3-5-9(8)12/h2-5,10,13H,6-7H2,1H3,(H,14,15)/t10-/m1/s1. The Hall–Kier alpha value is -0.910. The van der Waals surface area contributed by atoms with Gasteiger partial charge in [-0.05, 0) is 11.6 Å². The Labute approximate surface area is 103 Å². The maximum absolute atomic E-state index is 11.1. The molecule has 1 aromatic rings. The molecule has 1 rings (SSSR count). The molecule has 0 spiro atoms. The maximum Gasteiger partial charge on any atom is 0.325 e. The third-order valence-electron chi connectivity index (χ3n) is 2.12. The molecule has 0 aliphatic carbocycles. The van der Waals surface area contributed by atoms with E-state index in [-0.39, 0.29) is 0 Å². The van der Waals surface area contributed by atoms with Gasteiger partial charge in [-0.1, -0.05) is 34.1 Å². The Morgan fingerprint density at radius 2 is 2.25 bits per heavy atom. The van der Waals surface area contributed by atoms with Gasteiger partial charge in [0.05, 0.1) is 6.61 Å². The van der Waals surface area contributed by atoms with Crippen LogP contribution in [-0.4, -0.2) is 31.3 Å². The lowest BCUT2D eigenvalue weighted by molar-refractivity contribution is -0.139. The van der Waals surface area contributed by atoms with Crippen LogP contribution in [0.3, 0.4) is 0 Å². The Kier molecular flexibility index (Phi) is 5.45. The molecule has 5 heteroatoms. The minimum Gasteiger partial charge on any atom is -0.480 e. The van der Waals surface area contributed by atoms with Crippen LogP contribution in [0, 0.1) is 0 Å². The number of carboxylic acids is 1. The molecule has 16 heavy (non-hydrogen) atoms. The molecule has 1 atom stereocenters. The lowest BCUT2D eigenvalue weighted by atomic mass is 10.1. The van der Waals surface area contributed by atoms with E-state index in [0.717, 1.165) is 4.47 Å². The highest BCUT2D eigenvalue weighted by molar-refractivity contribution is 9.10. The van der Waals surface area contributed by atoms with Crippen LogP contribution in [0.25, 0.3) is 0 Å². The van der Waals surface area contributed by atoms with Crippen molar-refractivity contribution in [3.63, 3.8) is 0 Å². The molecule has 88 valence electrons. The number of hydrogen-bond donors (Lipinski definition) is 2. The van der Waals surface area contributed by atoms with Crippen LogP contribution in [0.15, 0.2) is 28.7 Å². The van der Waals surface area contributed by atoms with Crippen molar-refractivity contribution in [1.29, 1.82) is 0 Å². The number of carboxylic acid groups (broad SMARTS) is 1. The Bertz CT molecular complexity index is 357. The average Bonchev–Trinajstić information content (AvgIpc) is 2.25. The molecule has 0 heterocycles. The number of aliphatic carboxylic acids is 1. The average molecular weight is 288 g/mol. The summed E-state index contributed by atoms with van der Waals surface area (Å²) in [6.45, 7) is 0.975. The van der Waals surface area contributed by atoms with Crippen LogP contribution in [0.1, 0.15) is 11.6 Å². The highest BCUT2D eigenvalue weighted by Gasteiger charge is 2.20. The Morgan fingerprint density at radius 1 is 1.56 bits per heavy atom. The predicted octanol–water partition coefficient (Wildman–Crippen LogP) is 1.81. The van der Waals surface area contributed by atoms with E-state index in [2.05, 4.69) is 21.2 Å². The van der Waals surface area contributed by atoms with E-state index >= 15 is 0 Å². The van der Waals surface area contributed by atoms with Crippen LogP contribution in [-0.2, 0) is 9.53 Å². The number of carbonyl (C=O) groups is 1. The summed E-state index contributed by atoms with van der Waals surface area (Å²) in [7, 11) is 1.58. The fourth-order valence-electron chi connectivity index (χ4n) is 1.34. The number of benzene rings is 1. The summed E-state index contributed by atoms with van der Waals surface area (Å²) >= 11 is 3.34. The first-order chi connectivity index (χ1) is 7.66. The van der Waals surface area contributed by atoms with E-state index < -0.39 is 12.0 Å². The second kappa shape index (κ2) is 6.62. The number of rotatable bonds is 6. The zero-order chi connectivity index (χ0) is 12.0. The summed E-state index contributed by atoms with van der Waals surface area (Å²) in [5.74, 6) is -0.900. The monoisotopic (exact) mass is 287 g/mol. The normalized spacial score (nSPS) is 12.4. The van der Waals surface area contributed by atoms with Gasteiger partial charge in [-0.25, -0.2) is 0 Å². The number of hydrogen-bond acceptors (Lipinski definition) is 3. The third-order valence-corrected chi connectivity index (χ3v) is 2.84. The second-order valence-electron chi connectivity index (χ2n) is 3.24. The van der Waals surface area contributed by atoms with Crippen molar-refractivity contribution < 1.29 is 14.6 Å². The van der Waals surface area contributed by atoms with E-state index in [1.165, 1.54) is 0 Å². The van der Waals surface area contributed by atoms with Crippen LogP contribution in [0.5, 0.6) is 0 Å². The topological polar surface area (TPSA) is 58.6 Å². The van der Waals surface area contributed by atoms with Crippen molar-refractivity contribution in [2.24, 2.45) is 0 Å². The van der Waals surface area contributed by atoms with Crippen LogP contribution in [0.2, 0.25) is 0 Å². The van der Waals surface area contributed by atoms with E-state index in [4.69, 9.17) is 9.84 Å². The van der Waals surface area contributed by atoms with Gasteiger partial charge in [0.15, 0.2) is 0 Å². The molecular formula is C11H14BrNO3.